The predicted molar refractivity (Wildman–Crippen MR) is 85.1 cm³/mol. The number of rotatable bonds is 6. The van der Waals surface area contributed by atoms with Crippen LogP contribution >= 0.6 is 9.42 Å². The second-order valence-corrected chi connectivity index (χ2v) is 4.39. The van der Waals surface area contributed by atoms with Gasteiger partial charge in [-0.2, -0.15) is 6.54 Å². The molecule has 1 aromatic carbocycles. The van der Waals surface area contributed by atoms with Crippen LogP contribution in [0.3, 0.4) is 0 Å². The summed E-state index contributed by atoms with van der Waals surface area (Å²) in [6, 6.07) is 5.73. The molecule has 0 heterocycles. The first kappa shape index (κ1) is 23.3. The van der Waals surface area contributed by atoms with Crippen molar-refractivity contribution in [1.29, 1.82) is 0 Å². The molecule has 129 valence electrons. The number of carboxylic acid groups (broad SMARTS) is 1. The van der Waals surface area contributed by atoms with Crippen LogP contribution in [-0.2, 0) is 34.8 Å². The summed E-state index contributed by atoms with van der Waals surface area (Å²) in [6.07, 6.45) is 0.428. The number of amides is 1. The van der Waals surface area contributed by atoms with Crippen LogP contribution in [0.2, 0.25) is 0 Å². The van der Waals surface area contributed by atoms with Crippen molar-refractivity contribution in [1.82, 2.24) is 0 Å². The molecule has 22 heavy (non-hydrogen) atoms. The van der Waals surface area contributed by atoms with Crippen molar-refractivity contribution in [2.45, 2.75) is 19.4 Å². The van der Waals surface area contributed by atoms with Gasteiger partial charge >= 0.3 is 34.2 Å². The molecule has 0 fully saturated rings. The van der Waals surface area contributed by atoms with E-state index in [1.54, 1.807) is 50.0 Å². The van der Waals surface area contributed by atoms with E-state index in [0.717, 1.165) is 5.56 Å². The number of carbonyl (C=O) groups excluding carboxylic acids is 1. The fraction of sp³-hybridized carbons (Fsp3) is 0.357. The number of aliphatic carboxylic acids is 1. The minimum absolute atomic E-state index is 0. The van der Waals surface area contributed by atoms with Crippen LogP contribution in [0.5, 0.6) is 0 Å². The Morgan fingerprint density at radius 2 is 1.82 bits per heavy atom. The maximum absolute atomic E-state index is 11.4. The molecule has 0 saturated heterocycles. The molecule has 1 unspecified atom stereocenters. The number of halogens is 1. The second kappa shape index (κ2) is 12.6. The van der Waals surface area contributed by atoms with Crippen molar-refractivity contribution >= 4 is 27.0 Å². The Morgan fingerprint density at radius 1 is 1.32 bits per heavy atom. The van der Waals surface area contributed by atoms with Gasteiger partial charge in [0.2, 0.25) is 5.91 Å². The van der Waals surface area contributed by atoms with Crippen molar-refractivity contribution in [2.24, 2.45) is 5.92 Å². The molecule has 2 atom stereocenters. The second-order valence-electron chi connectivity index (χ2n) is 4.39. The summed E-state index contributed by atoms with van der Waals surface area (Å²) >= 11 is 1.61. The first-order valence-electron chi connectivity index (χ1n) is 6.04. The van der Waals surface area contributed by atoms with Gasteiger partial charge in [-0.1, -0.05) is 25.1 Å². The van der Waals surface area contributed by atoms with E-state index in [2.05, 4.69) is 14.7 Å². The summed E-state index contributed by atoms with van der Waals surface area (Å²) in [5.41, 5.74) is 15.7. The predicted octanol–water partition coefficient (Wildman–Crippen LogP) is 3.50. The first-order valence-corrected chi connectivity index (χ1v) is 8.86. The van der Waals surface area contributed by atoms with Crippen molar-refractivity contribution < 1.29 is 33.5 Å². The van der Waals surface area contributed by atoms with Gasteiger partial charge in [-0.25, -0.2) is 0 Å². The van der Waals surface area contributed by atoms with Gasteiger partial charge in [-0.05, 0) is 24.1 Å². The van der Waals surface area contributed by atoms with E-state index < -0.39 is 23.8 Å². The number of nitrogens with one attached hydrogen (secondary N) is 3. The Balaban J connectivity index is 0. The summed E-state index contributed by atoms with van der Waals surface area (Å²) in [5.74, 6) is -1.81. The Hall–Kier alpha value is -0.942. The van der Waals surface area contributed by atoms with Crippen molar-refractivity contribution in [3.63, 3.8) is 0 Å². The maximum atomic E-state index is 11.4. The molecule has 1 rings (SSSR count). The summed E-state index contributed by atoms with van der Waals surface area (Å²) < 4.78 is 0. The van der Waals surface area contributed by atoms with Crippen molar-refractivity contribution in [3.8, 4) is 0 Å². The van der Waals surface area contributed by atoms with E-state index in [0.29, 0.717) is 12.1 Å². The molecule has 0 aromatic heterocycles. The Kier molecular flexibility index (Phi) is 13.3. The van der Waals surface area contributed by atoms with Crippen LogP contribution in [0.15, 0.2) is 24.3 Å². The molecule has 4 N–H and O–H groups in total. The fourth-order valence-electron chi connectivity index (χ4n) is 1.49. The number of carbonyl (C=O) groups is 2. The molecule has 0 spiro atoms. The minimum atomic E-state index is -1.09. The van der Waals surface area contributed by atoms with Crippen LogP contribution in [0.25, 0.3) is 11.5 Å². The molecular weight excluding hydrogens is 489 g/mol. The molecule has 0 saturated carbocycles. The van der Waals surface area contributed by atoms with Crippen molar-refractivity contribution in [3.05, 3.63) is 48.7 Å². The average molecular weight is 509 g/mol. The third kappa shape index (κ3) is 8.49. The summed E-state index contributed by atoms with van der Waals surface area (Å²) in [5, 5.41) is 11.3. The Labute approximate surface area is 146 Å². The Bertz CT molecular complexity index is 457. The van der Waals surface area contributed by atoms with Crippen molar-refractivity contribution in [2.75, 3.05) is 11.9 Å². The number of hydrogen-bond acceptors (Lipinski definition) is 2. The third-order valence-corrected chi connectivity index (χ3v) is 2.71. The van der Waals surface area contributed by atoms with Gasteiger partial charge in [0.05, 0.1) is 5.92 Å². The molecule has 8 heteroatoms. The van der Waals surface area contributed by atoms with Gasteiger partial charge < -0.3 is 29.3 Å². The molecule has 0 aliphatic heterocycles. The topological polar surface area (TPSA) is 114 Å². The van der Waals surface area contributed by atoms with Gasteiger partial charge in [0.15, 0.2) is 0 Å². The fourth-order valence-corrected chi connectivity index (χ4v) is 1.49. The number of carboxylic acids is 1. The molecular formula is C14H20ClN3O3Pt-3. The molecule has 0 bridgehead atoms. The zero-order chi connectivity index (χ0) is 16.4. The molecule has 1 aromatic rings. The first-order chi connectivity index (χ1) is 9.93. The molecule has 0 aliphatic rings. The van der Waals surface area contributed by atoms with E-state index in [1.165, 1.54) is 0 Å². The average Bonchev–Trinajstić information content (AvgIpc) is 2.50. The Morgan fingerprint density at radius 3 is 2.23 bits per heavy atom. The van der Waals surface area contributed by atoms with Crippen LogP contribution in [0.1, 0.15) is 12.5 Å². The molecule has 0 aliphatic carbocycles. The van der Waals surface area contributed by atoms with E-state index in [1.807, 2.05) is 0 Å². The number of benzene rings is 1. The van der Waals surface area contributed by atoms with Gasteiger partial charge in [0.1, 0.15) is 0 Å². The summed E-state index contributed by atoms with van der Waals surface area (Å²) in [7, 11) is 4.61. The standard InChI is InChI=1S/C13H17N3O3.CH3.ClH.Pt/c1-8(13(18)19)6-9-2-4-10(5-3-9)16-12(17)11(15)7-14;;;/h2-5,8,11,14-15H,6-7H2,1H3,(H,16,17)(H,18,19);1H3;1H;/q-2;-1;;+1/p-1/t8-,11?;;;/m1.../s1. The third-order valence-electron chi connectivity index (χ3n) is 2.71. The molecule has 1 amide bonds. The van der Waals surface area contributed by atoms with E-state index >= 15 is 0 Å². The SMILES string of the molecule is C[C@H](Cc1ccc(NC(=O)C([NH-])C[NH-])cc1)C(=O)O.[CH3-].[Cl][Pt]. The van der Waals surface area contributed by atoms with Crippen LogP contribution in [0.4, 0.5) is 5.69 Å². The normalized spacial score (nSPS) is 12.1. The van der Waals surface area contributed by atoms with Gasteiger partial charge in [-0.15, -0.1) is 0 Å². The van der Waals surface area contributed by atoms with E-state index in [9.17, 15) is 9.59 Å². The summed E-state index contributed by atoms with van der Waals surface area (Å²) in [4.78, 5) is 22.1. The number of anilines is 1. The van der Waals surface area contributed by atoms with Crippen LogP contribution in [-0.4, -0.2) is 29.6 Å². The molecule has 6 nitrogen and oxygen atoms in total. The zero-order valence-corrected chi connectivity index (χ0v) is 15.4. The van der Waals surface area contributed by atoms with E-state index in [-0.39, 0.29) is 14.0 Å². The zero-order valence-electron chi connectivity index (χ0n) is 12.3. The van der Waals surface area contributed by atoms with Gasteiger partial charge in [-0.3, -0.25) is 9.59 Å². The van der Waals surface area contributed by atoms with Crippen LogP contribution < -0.4 is 5.32 Å². The number of hydrogen-bond donors (Lipinski definition) is 2. The van der Waals surface area contributed by atoms with Gasteiger partial charge in [0, 0.05) is 5.69 Å². The summed E-state index contributed by atoms with van der Waals surface area (Å²) in [6.45, 7) is 1.36. The van der Waals surface area contributed by atoms with E-state index in [4.69, 9.17) is 16.6 Å². The monoisotopic (exact) mass is 508 g/mol. The van der Waals surface area contributed by atoms with Crippen LogP contribution in [0, 0.1) is 13.3 Å². The molecule has 0 radical (unpaired) electrons. The van der Waals surface area contributed by atoms with Gasteiger partial charge in [0.25, 0.3) is 0 Å². The quantitative estimate of drug-likeness (QED) is 0.573.